The summed E-state index contributed by atoms with van der Waals surface area (Å²) in [7, 11) is 1.64. The Morgan fingerprint density at radius 1 is 0.909 bits per heavy atom. The first kappa shape index (κ1) is 14.0. The van der Waals surface area contributed by atoms with Crippen molar-refractivity contribution in [3.63, 3.8) is 0 Å². The summed E-state index contributed by atoms with van der Waals surface area (Å²) in [6.07, 6.45) is 0. The maximum absolute atomic E-state index is 9.18. The number of anilines is 2. The first-order valence-corrected chi connectivity index (χ1v) is 7.09. The van der Waals surface area contributed by atoms with E-state index >= 15 is 0 Å². The molecule has 0 saturated carbocycles. The molecule has 0 aliphatic carbocycles. The Morgan fingerprint density at radius 3 is 2.45 bits per heavy atom. The quantitative estimate of drug-likeness (QED) is 0.663. The number of methoxy groups -OCH3 is 1. The van der Waals surface area contributed by atoms with Gasteiger partial charge in [-0.2, -0.15) is 5.26 Å². The number of fused-ring (bicyclic) bond motifs is 1. The summed E-state index contributed by atoms with van der Waals surface area (Å²) >= 11 is 0. The third-order valence-corrected chi connectivity index (χ3v) is 3.64. The molecule has 0 atom stereocenters. The Labute approximate surface area is 130 Å². The molecule has 3 aromatic carbocycles. The molecule has 0 fully saturated rings. The van der Waals surface area contributed by atoms with E-state index in [4.69, 9.17) is 4.74 Å². The molecule has 0 aromatic heterocycles. The van der Waals surface area contributed by atoms with Gasteiger partial charge in [0.15, 0.2) is 0 Å². The van der Waals surface area contributed by atoms with Crippen LogP contribution in [0.3, 0.4) is 0 Å². The number of ether oxygens (including phenoxy) is 1. The highest BCUT2D eigenvalue weighted by molar-refractivity contribution is 5.87. The summed E-state index contributed by atoms with van der Waals surface area (Å²) < 4.78 is 5.28. The van der Waals surface area contributed by atoms with E-state index in [1.54, 1.807) is 7.11 Å². The molecule has 3 nitrogen and oxygen atoms in total. The minimum absolute atomic E-state index is 0.283. The van der Waals surface area contributed by atoms with Gasteiger partial charge >= 0.3 is 0 Å². The predicted octanol–water partition coefficient (Wildman–Crippen LogP) is 4.51. The van der Waals surface area contributed by atoms with Crippen molar-refractivity contribution in [3.05, 3.63) is 66.7 Å². The van der Waals surface area contributed by atoms with Crippen LogP contribution in [0.25, 0.3) is 10.8 Å². The van der Waals surface area contributed by atoms with Crippen molar-refractivity contribution < 1.29 is 4.74 Å². The van der Waals surface area contributed by atoms with Crippen LogP contribution in [0.2, 0.25) is 0 Å². The Balaban J connectivity index is 2.07. The highest BCUT2D eigenvalue weighted by Crippen LogP contribution is 2.30. The molecule has 0 radical (unpaired) electrons. The maximum Gasteiger partial charge on any atom is 0.120 e. The lowest BCUT2D eigenvalue weighted by Gasteiger charge is -2.22. The summed E-state index contributed by atoms with van der Waals surface area (Å²) in [6, 6.07) is 24.4. The first-order chi connectivity index (χ1) is 10.8. The Kier molecular flexibility index (Phi) is 3.93. The van der Waals surface area contributed by atoms with Gasteiger partial charge in [0.25, 0.3) is 0 Å². The average molecular weight is 288 g/mol. The summed E-state index contributed by atoms with van der Waals surface area (Å²) in [5.41, 5.74) is 1.93. The number of rotatable bonds is 4. The van der Waals surface area contributed by atoms with Gasteiger partial charge in [-0.25, -0.2) is 0 Å². The van der Waals surface area contributed by atoms with Crippen LogP contribution in [-0.2, 0) is 0 Å². The van der Waals surface area contributed by atoms with Crippen LogP contribution in [0.5, 0.6) is 5.75 Å². The molecule has 3 rings (SSSR count). The molecule has 0 spiro atoms. The molecule has 0 amide bonds. The lowest BCUT2D eigenvalue weighted by molar-refractivity contribution is 0.415. The van der Waals surface area contributed by atoms with Gasteiger partial charge in [0, 0.05) is 17.4 Å². The third kappa shape index (κ3) is 2.72. The minimum Gasteiger partial charge on any atom is -0.497 e. The summed E-state index contributed by atoms with van der Waals surface area (Å²) in [4.78, 5) is 1.98. The summed E-state index contributed by atoms with van der Waals surface area (Å²) in [6.45, 7) is 0.283. The van der Waals surface area contributed by atoms with Crippen molar-refractivity contribution in [2.75, 3.05) is 18.6 Å². The fraction of sp³-hybridized carbons (Fsp3) is 0.105. The van der Waals surface area contributed by atoms with Gasteiger partial charge in [-0.05, 0) is 35.0 Å². The zero-order valence-electron chi connectivity index (χ0n) is 12.4. The number of benzene rings is 3. The van der Waals surface area contributed by atoms with E-state index in [2.05, 4.69) is 30.3 Å². The highest BCUT2D eigenvalue weighted by Gasteiger charge is 2.10. The topological polar surface area (TPSA) is 36.3 Å². The normalized spacial score (nSPS) is 10.2. The van der Waals surface area contributed by atoms with Crippen LogP contribution in [0, 0.1) is 11.3 Å². The van der Waals surface area contributed by atoms with Gasteiger partial charge in [0.1, 0.15) is 12.3 Å². The van der Waals surface area contributed by atoms with Crippen LogP contribution in [0.1, 0.15) is 0 Å². The summed E-state index contributed by atoms with van der Waals surface area (Å²) in [5, 5.41) is 11.5. The monoisotopic (exact) mass is 288 g/mol. The molecule has 0 saturated heterocycles. The SMILES string of the molecule is COc1cccc(N(CC#N)c2ccc3ccccc3c2)c1. The number of hydrogen-bond donors (Lipinski definition) is 0. The number of hydrogen-bond acceptors (Lipinski definition) is 3. The van der Waals surface area contributed by atoms with Gasteiger partial charge in [-0.3, -0.25) is 0 Å². The van der Waals surface area contributed by atoms with Gasteiger partial charge < -0.3 is 9.64 Å². The lowest BCUT2D eigenvalue weighted by Crippen LogP contribution is -2.17. The molecular formula is C19H16N2O. The average Bonchev–Trinajstić information content (AvgIpc) is 2.59. The zero-order valence-corrected chi connectivity index (χ0v) is 12.4. The van der Waals surface area contributed by atoms with Crippen LogP contribution in [0.15, 0.2) is 66.7 Å². The van der Waals surface area contributed by atoms with E-state index < -0.39 is 0 Å². The van der Waals surface area contributed by atoms with Gasteiger partial charge in [-0.1, -0.05) is 36.4 Å². The van der Waals surface area contributed by atoms with Crippen LogP contribution < -0.4 is 9.64 Å². The Morgan fingerprint density at radius 2 is 1.68 bits per heavy atom. The smallest absolute Gasteiger partial charge is 0.120 e. The molecule has 108 valence electrons. The molecule has 0 aliphatic rings. The summed E-state index contributed by atoms with van der Waals surface area (Å²) in [5.74, 6) is 0.779. The van der Waals surface area contributed by atoms with Gasteiger partial charge in [0.2, 0.25) is 0 Å². The molecule has 0 unspecified atom stereocenters. The highest BCUT2D eigenvalue weighted by atomic mass is 16.5. The molecule has 0 aliphatic heterocycles. The maximum atomic E-state index is 9.18. The predicted molar refractivity (Wildman–Crippen MR) is 89.6 cm³/mol. The van der Waals surface area contributed by atoms with Crippen LogP contribution >= 0.6 is 0 Å². The molecule has 0 bridgehead atoms. The second kappa shape index (κ2) is 6.19. The molecule has 3 aromatic rings. The first-order valence-electron chi connectivity index (χ1n) is 7.09. The van der Waals surface area contributed by atoms with E-state index in [0.717, 1.165) is 22.5 Å². The fourth-order valence-electron chi connectivity index (χ4n) is 2.53. The lowest BCUT2D eigenvalue weighted by atomic mass is 10.1. The van der Waals surface area contributed by atoms with Crippen LogP contribution in [-0.4, -0.2) is 13.7 Å². The van der Waals surface area contributed by atoms with Crippen molar-refractivity contribution in [2.45, 2.75) is 0 Å². The van der Waals surface area contributed by atoms with Gasteiger partial charge in [-0.15, -0.1) is 0 Å². The van der Waals surface area contributed by atoms with E-state index in [9.17, 15) is 5.26 Å². The van der Waals surface area contributed by atoms with Crippen molar-refractivity contribution in [2.24, 2.45) is 0 Å². The molecule has 0 heterocycles. The largest absolute Gasteiger partial charge is 0.497 e. The molecule has 3 heteroatoms. The second-order valence-corrected chi connectivity index (χ2v) is 4.98. The van der Waals surface area contributed by atoms with E-state index in [-0.39, 0.29) is 6.54 Å². The number of nitriles is 1. The van der Waals surface area contributed by atoms with Gasteiger partial charge in [0.05, 0.1) is 13.2 Å². The third-order valence-electron chi connectivity index (χ3n) is 3.64. The van der Waals surface area contributed by atoms with E-state index in [1.165, 1.54) is 5.39 Å². The van der Waals surface area contributed by atoms with Crippen molar-refractivity contribution in [1.82, 2.24) is 0 Å². The number of nitrogens with zero attached hydrogens (tertiary/aromatic N) is 2. The second-order valence-electron chi connectivity index (χ2n) is 4.98. The van der Waals surface area contributed by atoms with E-state index in [1.807, 2.05) is 47.4 Å². The van der Waals surface area contributed by atoms with Crippen LogP contribution in [0.4, 0.5) is 11.4 Å². The molecule has 0 N–H and O–H groups in total. The van der Waals surface area contributed by atoms with E-state index in [0.29, 0.717) is 0 Å². The van der Waals surface area contributed by atoms with Crippen molar-refractivity contribution >= 4 is 22.1 Å². The molecule has 22 heavy (non-hydrogen) atoms. The standard InChI is InChI=1S/C19H16N2O/c1-22-19-8-4-7-17(14-19)21(12-11-20)18-10-9-15-5-2-3-6-16(15)13-18/h2-10,13-14H,12H2,1H3. The zero-order chi connectivity index (χ0) is 15.4. The Hall–Kier alpha value is -2.99. The minimum atomic E-state index is 0.283. The molecular weight excluding hydrogens is 272 g/mol. The Bertz CT molecular complexity index is 836. The van der Waals surface area contributed by atoms with Crippen molar-refractivity contribution in [1.29, 1.82) is 5.26 Å². The van der Waals surface area contributed by atoms with Crippen molar-refractivity contribution in [3.8, 4) is 11.8 Å². The fourth-order valence-corrected chi connectivity index (χ4v) is 2.53.